The van der Waals surface area contributed by atoms with Crippen molar-refractivity contribution in [3.05, 3.63) is 70.0 Å². The van der Waals surface area contributed by atoms with Gasteiger partial charge < -0.3 is 10.1 Å². The number of aryl methyl sites for hydroxylation is 1. The van der Waals surface area contributed by atoms with Crippen LogP contribution in [0.4, 0.5) is 0 Å². The maximum atomic E-state index is 13.2. The van der Waals surface area contributed by atoms with Gasteiger partial charge in [0.2, 0.25) is 5.91 Å². The molecule has 2 unspecified atom stereocenters. The zero-order chi connectivity index (χ0) is 23.2. The van der Waals surface area contributed by atoms with E-state index in [1.54, 1.807) is 10.6 Å². The van der Waals surface area contributed by atoms with E-state index in [4.69, 9.17) is 9.72 Å². The molecule has 0 saturated carbocycles. The molecule has 0 fully saturated rings. The summed E-state index contributed by atoms with van der Waals surface area (Å²) in [5.41, 5.74) is 3.10. The lowest BCUT2D eigenvalue weighted by molar-refractivity contribution is -0.121. The first-order chi connectivity index (χ1) is 16.1. The number of amides is 1. The standard InChI is InChI=1S/C26H31N3O3S/c1-3-32-17-9-16-29-25(31)21-13-6-7-14-23(21)28-26(29)33-18(2)24(30)27-22-15-8-11-19-10-4-5-12-20(19)22/h4-7,10,12-14,18,22H,3,8-9,11,15-17H2,1-2H3,(H,27,30). The van der Waals surface area contributed by atoms with Crippen molar-refractivity contribution in [2.45, 2.75) is 62.5 Å². The predicted octanol–water partition coefficient (Wildman–Crippen LogP) is 4.50. The molecule has 1 aliphatic rings. The Morgan fingerprint density at radius 1 is 1.24 bits per heavy atom. The summed E-state index contributed by atoms with van der Waals surface area (Å²) in [6, 6.07) is 15.7. The number of ether oxygens (including phenoxy) is 1. The Morgan fingerprint density at radius 3 is 2.88 bits per heavy atom. The van der Waals surface area contributed by atoms with Crippen molar-refractivity contribution in [1.82, 2.24) is 14.9 Å². The Kier molecular flexibility index (Phi) is 7.83. The molecule has 2 aromatic carbocycles. The van der Waals surface area contributed by atoms with Gasteiger partial charge in [-0.15, -0.1) is 0 Å². The van der Waals surface area contributed by atoms with Crippen LogP contribution in [0.3, 0.4) is 0 Å². The van der Waals surface area contributed by atoms with Gasteiger partial charge in [-0.05, 0) is 62.8 Å². The molecule has 0 radical (unpaired) electrons. The van der Waals surface area contributed by atoms with E-state index >= 15 is 0 Å². The average Bonchev–Trinajstić information content (AvgIpc) is 2.83. The molecular weight excluding hydrogens is 434 g/mol. The third-order valence-corrected chi connectivity index (χ3v) is 7.13. The Morgan fingerprint density at radius 2 is 2.03 bits per heavy atom. The van der Waals surface area contributed by atoms with Gasteiger partial charge in [-0.1, -0.05) is 48.2 Å². The second-order valence-electron chi connectivity index (χ2n) is 8.33. The normalized spacial score (nSPS) is 16.4. The second kappa shape index (κ2) is 11.0. The van der Waals surface area contributed by atoms with Crippen LogP contribution in [0.1, 0.15) is 50.3 Å². The third-order valence-electron chi connectivity index (χ3n) is 6.04. The lowest BCUT2D eigenvalue weighted by Gasteiger charge is -2.27. The van der Waals surface area contributed by atoms with Crippen LogP contribution in [0.5, 0.6) is 0 Å². The molecule has 3 aromatic rings. The maximum Gasteiger partial charge on any atom is 0.262 e. The van der Waals surface area contributed by atoms with E-state index < -0.39 is 0 Å². The third kappa shape index (κ3) is 5.47. The van der Waals surface area contributed by atoms with Gasteiger partial charge >= 0.3 is 0 Å². The minimum absolute atomic E-state index is 0.0310. The van der Waals surface area contributed by atoms with Crippen LogP contribution in [-0.2, 0) is 22.5 Å². The van der Waals surface area contributed by atoms with E-state index in [0.29, 0.717) is 42.2 Å². The SMILES string of the molecule is CCOCCCn1c(SC(C)C(=O)NC2CCCc3ccccc32)nc2ccccc2c1=O. The number of rotatable bonds is 9. The van der Waals surface area contributed by atoms with Gasteiger partial charge in [0, 0.05) is 19.8 Å². The Bertz CT molecular complexity index is 1180. The molecule has 0 bridgehead atoms. The van der Waals surface area contributed by atoms with Gasteiger partial charge in [0.05, 0.1) is 22.2 Å². The van der Waals surface area contributed by atoms with Crippen molar-refractivity contribution in [2.24, 2.45) is 0 Å². The highest BCUT2D eigenvalue weighted by molar-refractivity contribution is 8.00. The molecule has 33 heavy (non-hydrogen) atoms. The molecule has 4 rings (SSSR count). The number of hydrogen-bond donors (Lipinski definition) is 1. The van der Waals surface area contributed by atoms with Crippen molar-refractivity contribution in [2.75, 3.05) is 13.2 Å². The number of fused-ring (bicyclic) bond motifs is 2. The minimum atomic E-state index is -0.384. The van der Waals surface area contributed by atoms with E-state index in [1.807, 2.05) is 38.1 Å². The molecule has 1 aliphatic carbocycles. The molecule has 0 saturated heterocycles. The number of carbonyl (C=O) groups is 1. The predicted molar refractivity (Wildman–Crippen MR) is 133 cm³/mol. The molecule has 0 aliphatic heterocycles. The molecule has 2 atom stereocenters. The minimum Gasteiger partial charge on any atom is -0.382 e. The molecule has 1 N–H and O–H groups in total. The first kappa shape index (κ1) is 23.5. The summed E-state index contributed by atoms with van der Waals surface area (Å²) in [6.07, 6.45) is 3.77. The van der Waals surface area contributed by atoms with Gasteiger partial charge in [-0.3, -0.25) is 14.2 Å². The number of nitrogens with zero attached hydrogens (tertiary/aromatic N) is 2. The lowest BCUT2D eigenvalue weighted by atomic mass is 9.88. The maximum absolute atomic E-state index is 13.2. The number of carbonyl (C=O) groups excluding carboxylic acids is 1. The molecule has 1 heterocycles. The summed E-state index contributed by atoms with van der Waals surface area (Å²) in [5, 5.41) is 4.01. The summed E-state index contributed by atoms with van der Waals surface area (Å²) >= 11 is 1.34. The molecule has 174 valence electrons. The lowest BCUT2D eigenvalue weighted by Crippen LogP contribution is -2.36. The van der Waals surface area contributed by atoms with Crippen LogP contribution in [0.15, 0.2) is 58.5 Å². The number of para-hydroxylation sites is 1. The molecular formula is C26H31N3O3S. The zero-order valence-corrected chi connectivity index (χ0v) is 20.1. The second-order valence-corrected chi connectivity index (χ2v) is 9.64. The van der Waals surface area contributed by atoms with Crippen molar-refractivity contribution >= 4 is 28.6 Å². The van der Waals surface area contributed by atoms with E-state index in [9.17, 15) is 9.59 Å². The van der Waals surface area contributed by atoms with Crippen LogP contribution in [-0.4, -0.2) is 33.9 Å². The quantitative estimate of drug-likeness (QED) is 0.286. The van der Waals surface area contributed by atoms with Gasteiger partial charge in [0.1, 0.15) is 0 Å². The highest BCUT2D eigenvalue weighted by atomic mass is 32.2. The smallest absolute Gasteiger partial charge is 0.262 e. The van der Waals surface area contributed by atoms with Gasteiger partial charge in [0.25, 0.3) is 5.56 Å². The zero-order valence-electron chi connectivity index (χ0n) is 19.3. The number of aromatic nitrogens is 2. The highest BCUT2D eigenvalue weighted by Gasteiger charge is 2.25. The number of hydrogen-bond acceptors (Lipinski definition) is 5. The van der Waals surface area contributed by atoms with Crippen LogP contribution < -0.4 is 10.9 Å². The fraction of sp³-hybridized carbons (Fsp3) is 0.423. The van der Waals surface area contributed by atoms with Gasteiger partial charge in [0.15, 0.2) is 5.16 Å². The van der Waals surface area contributed by atoms with E-state index in [0.717, 1.165) is 19.3 Å². The first-order valence-corrected chi connectivity index (χ1v) is 12.6. The fourth-order valence-corrected chi connectivity index (χ4v) is 5.25. The summed E-state index contributed by atoms with van der Waals surface area (Å²) in [5.74, 6) is -0.0371. The average molecular weight is 466 g/mol. The Labute approximate surface area is 198 Å². The van der Waals surface area contributed by atoms with Crippen LogP contribution in [0.2, 0.25) is 0 Å². The van der Waals surface area contributed by atoms with Crippen LogP contribution in [0.25, 0.3) is 10.9 Å². The van der Waals surface area contributed by atoms with Crippen LogP contribution >= 0.6 is 11.8 Å². The summed E-state index contributed by atoms with van der Waals surface area (Å²) in [7, 11) is 0. The van der Waals surface area contributed by atoms with E-state index in [1.165, 1.54) is 22.9 Å². The monoisotopic (exact) mass is 465 g/mol. The summed E-state index contributed by atoms with van der Waals surface area (Å²) in [6.45, 7) is 5.56. The Hall–Kier alpha value is -2.64. The molecule has 0 spiro atoms. The molecule has 7 heteroatoms. The Balaban J connectivity index is 1.53. The fourth-order valence-electron chi connectivity index (χ4n) is 4.31. The van der Waals surface area contributed by atoms with E-state index in [2.05, 4.69) is 23.5 Å². The summed E-state index contributed by atoms with van der Waals surface area (Å²) < 4.78 is 7.13. The number of thioether (sulfide) groups is 1. The van der Waals surface area contributed by atoms with Gasteiger partial charge in [-0.25, -0.2) is 4.98 Å². The van der Waals surface area contributed by atoms with Crippen molar-refractivity contribution in [3.63, 3.8) is 0 Å². The van der Waals surface area contributed by atoms with Crippen LogP contribution in [0, 0.1) is 0 Å². The molecule has 1 amide bonds. The largest absolute Gasteiger partial charge is 0.382 e. The summed E-state index contributed by atoms with van der Waals surface area (Å²) in [4.78, 5) is 31.0. The van der Waals surface area contributed by atoms with Crippen molar-refractivity contribution in [3.8, 4) is 0 Å². The van der Waals surface area contributed by atoms with Crippen molar-refractivity contribution in [1.29, 1.82) is 0 Å². The first-order valence-electron chi connectivity index (χ1n) is 11.7. The van der Waals surface area contributed by atoms with E-state index in [-0.39, 0.29) is 22.8 Å². The molecule has 6 nitrogen and oxygen atoms in total. The topological polar surface area (TPSA) is 73.2 Å². The molecule has 1 aromatic heterocycles. The number of nitrogens with one attached hydrogen (secondary N) is 1. The van der Waals surface area contributed by atoms with Crippen molar-refractivity contribution < 1.29 is 9.53 Å². The number of benzene rings is 2. The van der Waals surface area contributed by atoms with Gasteiger partial charge in [-0.2, -0.15) is 0 Å². The highest BCUT2D eigenvalue weighted by Crippen LogP contribution is 2.30.